The molecule has 1 aromatic heterocycles. The van der Waals surface area contributed by atoms with Crippen LogP contribution in [0.2, 0.25) is 5.02 Å². The summed E-state index contributed by atoms with van der Waals surface area (Å²) in [6.45, 7) is 0. The van der Waals surface area contributed by atoms with E-state index < -0.39 is 0 Å². The quantitative estimate of drug-likeness (QED) is 0.616. The van der Waals surface area contributed by atoms with Crippen molar-refractivity contribution in [3.05, 3.63) is 21.8 Å². The van der Waals surface area contributed by atoms with Gasteiger partial charge in [-0.05, 0) is 34.8 Å². The smallest absolute Gasteiger partial charge is 0.140 e. The molecule has 5 heteroatoms. The summed E-state index contributed by atoms with van der Waals surface area (Å²) in [5.74, 6) is 0.826. The van der Waals surface area contributed by atoms with Gasteiger partial charge in [0.15, 0.2) is 0 Å². The number of hydrogen-bond donors (Lipinski definition) is 1. The highest BCUT2D eigenvalue weighted by molar-refractivity contribution is 9.10. The second-order valence-electron chi connectivity index (χ2n) is 4.39. The standard InChI is InChI=1S/C12H15BrCl2N2/c13-9-6-8(14)7-16-12(9)17-11-5-3-1-2-4-10(11)15/h6-7,10-11H,1-5H2,(H,16,17). The monoisotopic (exact) mass is 336 g/mol. The van der Waals surface area contributed by atoms with Crippen molar-refractivity contribution in [1.29, 1.82) is 0 Å². The van der Waals surface area contributed by atoms with Crippen LogP contribution in [-0.2, 0) is 0 Å². The van der Waals surface area contributed by atoms with E-state index in [-0.39, 0.29) is 5.38 Å². The normalized spacial score (nSPS) is 25.4. The second kappa shape index (κ2) is 6.26. The molecule has 1 aliphatic rings. The second-order valence-corrected chi connectivity index (χ2v) is 6.24. The molecule has 0 saturated heterocycles. The molecule has 0 aromatic carbocycles. The molecule has 1 fully saturated rings. The van der Waals surface area contributed by atoms with Crippen LogP contribution in [0.15, 0.2) is 16.7 Å². The average molecular weight is 338 g/mol. The van der Waals surface area contributed by atoms with Crippen molar-refractivity contribution in [3.63, 3.8) is 0 Å². The van der Waals surface area contributed by atoms with Crippen LogP contribution in [0.1, 0.15) is 32.1 Å². The maximum absolute atomic E-state index is 6.39. The van der Waals surface area contributed by atoms with E-state index in [0.717, 1.165) is 23.1 Å². The Morgan fingerprint density at radius 1 is 1.29 bits per heavy atom. The summed E-state index contributed by atoms with van der Waals surface area (Å²) in [7, 11) is 0. The van der Waals surface area contributed by atoms with Gasteiger partial charge in [-0.15, -0.1) is 11.6 Å². The summed E-state index contributed by atoms with van der Waals surface area (Å²) >= 11 is 15.7. The van der Waals surface area contributed by atoms with Gasteiger partial charge in [0, 0.05) is 12.2 Å². The Labute approximate surface area is 120 Å². The molecule has 0 aliphatic heterocycles. The number of alkyl halides is 1. The first kappa shape index (κ1) is 13.4. The lowest BCUT2D eigenvalue weighted by atomic mass is 10.1. The molecule has 2 rings (SSSR count). The van der Waals surface area contributed by atoms with Crippen LogP contribution in [0.5, 0.6) is 0 Å². The first-order chi connectivity index (χ1) is 8.16. The lowest BCUT2D eigenvalue weighted by Crippen LogP contribution is -2.29. The van der Waals surface area contributed by atoms with E-state index in [4.69, 9.17) is 23.2 Å². The highest BCUT2D eigenvalue weighted by Gasteiger charge is 2.22. The summed E-state index contributed by atoms with van der Waals surface area (Å²) in [6, 6.07) is 2.14. The van der Waals surface area contributed by atoms with Crippen LogP contribution < -0.4 is 5.32 Å². The Morgan fingerprint density at radius 2 is 2.06 bits per heavy atom. The van der Waals surface area contributed by atoms with Gasteiger partial charge in [-0.25, -0.2) is 4.98 Å². The molecule has 2 unspecified atom stereocenters. The fraction of sp³-hybridized carbons (Fsp3) is 0.583. The van der Waals surface area contributed by atoms with Crippen LogP contribution >= 0.6 is 39.1 Å². The molecule has 0 bridgehead atoms. The van der Waals surface area contributed by atoms with E-state index in [9.17, 15) is 0 Å². The van der Waals surface area contributed by atoms with Crippen LogP contribution in [0.4, 0.5) is 5.82 Å². The number of anilines is 1. The van der Waals surface area contributed by atoms with Crippen molar-refractivity contribution in [3.8, 4) is 0 Å². The zero-order valence-corrected chi connectivity index (χ0v) is 12.5. The third-order valence-electron chi connectivity index (χ3n) is 3.06. The molecule has 1 heterocycles. The number of rotatable bonds is 2. The molecule has 2 nitrogen and oxygen atoms in total. The van der Waals surface area contributed by atoms with Crippen molar-refractivity contribution in [1.82, 2.24) is 4.98 Å². The molecule has 2 atom stereocenters. The summed E-state index contributed by atoms with van der Waals surface area (Å²) < 4.78 is 0.887. The zero-order valence-electron chi connectivity index (χ0n) is 9.43. The highest BCUT2D eigenvalue weighted by atomic mass is 79.9. The number of hydrogen-bond acceptors (Lipinski definition) is 2. The van der Waals surface area contributed by atoms with Gasteiger partial charge < -0.3 is 5.32 Å². The molecule has 0 spiro atoms. The SMILES string of the molecule is Clc1cnc(NC2CCCCCC2Cl)c(Br)c1. The number of aromatic nitrogens is 1. The number of nitrogens with zero attached hydrogens (tertiary/aromatic N) is 1. The molecule has 1 aromatic rings. The Kier molecular flexibility index (Phi) is 4.95. The first-order valence-corrected chi connectivity index (χ1v) is 7.49. The van der Waals surface area contributed by atoms with E-state index >= 15 is 0 Å². The summed E-state index contributed by atoms with van der Waals surface area (Å²) in [5.41, 5.74) is 0. The Bertz CT molecular complexity index is 387. The van der Waals surface area contributed by atoms with E-state index in [1.165, 1.54) is 19.3 Å². The number of pyridine rings is 1. The largest absolute Gasteiger partial charge is 0.365 e. The molecule has 1 N–H and O–H groups in total. The van der Waals surface area contributed by atoms with Gasteiger partial charge >= 0.3 is 0 Å². The highest BCUT2D eigenvalue weighted by Crippen LogP contribution is 2.28. The van der Waals surface area contributed by atoms with Gasteiger partial charge in [0.25, 0.3) is 0 Å². The van der Waals surface area contributed by atoms with Gasteiger partial charge in [0.05, 0.1) is 14.9 Å². The van der Waals surface area contributed by atoms with Gasteiger partial charge in [-0.2, -0.15) is 0 Å². The predicted octanol–water partition coefficient (Wildman–Crippen LogP) is 4.85. The molecule has 17 heavy (non-hydrogen) atoms. The minimum atomic E-state index is 0.182. The van der Waals surface area contributed by atoms with Gasteiger partial charge in [-0.3, -0.25) is 0 Å². The van der Waals surface area contributed by atoms with E-state index in [1.54, 1.807) is 6.20 Å². The molecule has 0 amide bonds. The molecule has 1 saturated carbocycles. The van der Waals surface area contributed by atoms with E-state index in [0.29, 0.717) is 11.1 Å². The molecular formula is C12H15BrCl2N2. The van der Waals surface area contributed by atoms with Gasteiger partial charge in [0.2, 0.25) is 0 Å². The van der Waals surface area contributed by atoms with Crippen LogP contribution in [0.25, 0.3) is 0 Å². The number of halogens is 3. The lowest BCUT2D eigenvalue weighted by molar-refractivity contribution is 0.624. The number of nitrogens with one attached hydrogen (secondary N) is 1. The van der Waals surface area contributed by atoms with Crippen LogP contribution in [-0.4, -0.2) is 16.4 Å². The van der Waals surface area contributed by atoms with Crippen molar-refractivity contribution < 1.29 is 0 Å². The Morgan fingerprint density at radius 3 is 2.82 bits per heavy atom. The van der Waals surface area contributed by atoms with Crippen LogP contribution in [0.3, 0.4) is 0 Å². The third-order valence-corrected chi connectivity index (χ3v) is 4.40. The summed E-state index contributed by atoms with van der Waals surface area (Å²) in [6.07, 6.45) is 7.55. The zero-order chi connectivity index (χ0) is 12.3. The van der Waals surface area contributed by atoms with Crippen molar-refractivity contribution in [2.45, 2.75) is 43.5 Å². The Hall–Kier alpha value is 0.01000. The van der Waals surface area contributed by atoms with Gasteiger partial charge in [0.1, 0.15) is 5.82 Å². The minimum Gasteiger partial charge on any atom is -0.365 e. The van der Waals surface area contributed by atoms with Gasteiger partial charge in [-0.1, -0.05) is 30.9 Å². The average Bonchev–Trinajstić information content (AvgIpc) is 2.48. The fourth-order valence-electron chi connectivity index (χ4n) is 2.12. The predicted molar refractivity (Wildman–Crippen MR) is 77.1 cm³/mol. The van der Waals surface area contributed by atoms with Crippen molar-refractivity contribution in [2.75, 3.05) is 5.32 Å². The topological polar surface area (TPSA) is 24.9 Å². The minimum absolute atomic E-state index is 0.182. The lowest BCUT2D eigenvalue weighted by Gasteiger charge is -2.22. The van der Waals surface area contributed by atoms with Crippen LogP contribution in [0, 0.1) is 0 Å². The van der Waals surface area contributed by atoms with Crippen molar-refractivity contribution >= 4 is 44.9 Å². The summed E-state index contributed by atoms with van der Waals surface area (Å²) in [4.78, 5) is 4.29. The maximum atomic E-state index is 6.39. The molecule has 1 aliphatic carbocycles. The van der Waals surface area contributed by atoms with Crippen molar-refractivity contribution in [2.24, 2.45) is 0 Å². The fourth-order valence-corrected chi connectivity index (χ4v) is 3.22. The molecule has 0 radical (unpaired) electrons. The molecular weight excluding hydrogens is 323 g/mol. The van der Waals surface area contributed by atoms with E-state index in [2.05, 4.69) is 26.2 Å². The first-order valence-electron chi connectivity index (χ1n) is 5.88. The molecule has 94 valence electrons. The Balaban J connectivity index is 2.08. The third kappa shape index (κ3) is 3.73. The summed E-state index contributed by atoms with van der Waals surface area (Å²) in [5, 5.41) is 4.23. The van der Waals surface area contributed by atoms with E-state index in [1.807, 2.05) is 6.07 Å². The maximum Gasteiger partial charge on any atom is 0.140 e.